The van der Waals surface area contributed by atoms with Crippen molar-refractivity contribution in [2.24, 2.45) is 4.99 Å². The molecule has 0 aliphatic carbocycles. The van der Waals surface area contributed by atoms with Crippen LogP contribution in [0.3, 0.4) is 0 Å². The van der Waals surface area contributed by atoms with Crippen LogP contribution in [-0.2, 0) is 4.79 Å². The fourth-order valence-electron chi connectivity index (χ4n) is 3.73. The molecule has 1 aliphatic heterocycles. The topological polar surface area (TPSA) is 119 Å². The van der Waals surface area contributed by atoms with E-state index in [4.69, 9.17) is 13.9 Å². The molecule has 0 saturated heterocycles. The summed E-state index contributed by atoms with van der Waals surface area (Å²) in [5.41, 5.74) is 0.597. The van der Waals surface area contributed by atoms with E-state index in [1.165, 1.54) is 13.2 Å². The maximum atomic E-state index is 12.8. The fourth-order valence-corrected chi connectivity index (χ4v) is 3.73. The number of fused-ring (bicyclic) bond motifs is 1. The van der Waals surface area contributed by atoms with Crippen molar-refractivity contribution >= 4 is 34.2 Å². The highest BCUT2D eigenvalue weighted by molar-refractivity contribution is 6.14. The summed E-state index contributed by atoms with van der Waals surface area (Å²) >= 11 is 0. The second-order valence-electron chi connectivity index (χ2n) is 8.10. The highest BCUT2D eigenvalue weighted by Gasteiger charge is 2.38. The quantitative estimate of drug-likeness (QED) is 0.341. The summed E-state index contributed by atoms with van der Waals surface area (Å²) < 4.78 is 53.3. The Kier molecular flexibility index (Phi) is 7.79. The van der Waals surface area contributed by atoms with Gasteiger partial charge in [-0.1, -0.05) is 24.3 Å². The van der Waals surface area contributed by atoms with Gasteiger partial charge in [-0.2, -0.15) is 13.2 Å². The SMILES string of the molecule is COc1cccc(OCCCNC(=O)C(F)(F)F)c1C1=CC(NC(=O)c2cc3ccccc3oc2=O)=NC1. The summed E-state index contributed by atoms with van der Waals surface area (Å²) in [5.74, 6) is -1.64. The summed E-state index contributed by atoms with van der Waals surface area (Å²) in [6, 6.07) is 13.3. The minimum absolute atomic E-state index is 0.0216. The highest BCUT2D eigenvalue weighted by atomic mass is 19.4. The van der Waals surface area contributed by atoms with Gasteiger partial charge in [0, 0.05) is 11.9 Å². The van der Waals surface area contributed by atoms with Crippen molar-refractivity contribution in [3.63, 3.8) is 0 Å². The summed E-state index contributed by atoms with van der Waals surface area (Å²) in [4.78, 5) is 40.3. The lowest BCUT2D eigenvalue weighted by Crippen LogP contribution is -2.37. The summed E-state index contributed by atoms with van der Waals surface area (Å²) in [7, 11) is 1.47. The van der Waals surface area contributed by atoms with Crippen LogP contribution in [0.25, 0.3) is 16.5 Å². The molecule has 0 radical (unpaired) electrons. The Labute approximate surface area is 213 Å². The molecule has 2 N–H and O–H groups in total. The molecule has 198 valence electrons. The van der Waals surface area contributed by atoms with Crippen LogP contribution >= 0.6 is 0 Å². The maximum Gasteiger partial charge on any atom is 0.471 e. The van der Waals surface area contributed by atoms with E-state index >= 15 is 0 Å². The highest BCUT2D eigenvalue weighted by Crippen LogP contribution is 2.36. The lowest BCUT2D eigenvalue weighted by atomic mass is 10.0. The van der Waals surface area contributed by atoms with Crippen molar-refractivity contribution in [1.82, 2.24) is 10.6 Å². The normalized spacial score (nSPS) is 13.1. The van der Waals surface area contributed by atoms with Gasteiger partial charge in [-0.15, -0.1) is 0 Å². The second kappa shape index (κ2) is 11.2. The first kappa shape index (κ1) is 26.5. The molecule has 0 unspecified atom stereocenters. The molecule has 0 bridgehead atoms. The lowest BCUT2D eigenvalue weighted by Gasteiger charge is -2.15. The van der Waals surface area contributed by atoms with Crippen LogP contribution in [-0.4, -0.2) is 50.6 Å². The zero-order valence-corrected chi connectivity index (χ0v) is 20.1. The molecule has 0 fully saturated rings. The third-order valence-electron chi connectivity index (χ3n) is 5.51. The van der Waals surface area contributed by atoms with Gasteiger partial charge >= 0.3 is 17.7 Å². The third-order valence-corrected chi connectivity index (χ3v) is 5.51. The zero-order chi connectivity index (χ0) is 27.3. The summed E-state index contributed by atoms with van der Waals surface area (Å²) in [5, 5.41) is 4.98. The predicted octanol–water partition coefficient (Wildman–Crippen LogP) is 3.47. The Hall–Kier alpha value is -4.61. The molecule has 4 rings (SSSR count). The number of para-hydroxylation sites is 1. The number of nitrogens with one attached hydrogen (secondary N) is 2. The van der Waals surface area contributed by atoms with Gasteiger partial charge in [-0.3, -0.25) is 14.6 Å². The largest absolute Gasteiger partial charge is 0.496 e. The van der Waals surface area contributed by atoms with E-state index in [1.54, 1.807) is 53.9 Å². The van der Waals surface area contributed by atoms with Crippen molar-refractivity contribution in [2.75, 3.05) is 26.8 Å². The van der Waals surface area contributed by atoms with Crippen LogP contribution in [0.1, 0.15) is 22.3 Å². The molecular formula is C26H22F3N3O6. The molecule has 1 aromatic heterocycles. The van der Waals surface area contributed by atoms with Gasteiger partial charge in [0.2, 0.25) is 0 Å². The average Bonchev–Trinajstić information content (AvgIpc) is 3.34. The molecule has 2 amide bonds. The molecule has 0 spiro atoms. The number of rotatable bonds is 8. The van der Waals surface area contributed by atoms with Crippen LogP contribution in [0.5, 0.6) is 11.5 Å². The molecule has 0 atom stereocenters. The Balaban J connectivity index is 1.45. The predicted molar refractivity (Wildman–Crippen MR) is 132 cm³/mol. The van der Waals surface area contributed by atoms with E-state index in [9.17, 15) is 27.6 Å². The van der Waals surface area contributed by atoms with E-state index in [0.29, 0.717) is 33.6 Å². The lowest BCUT2D eigenvalue weighted by molar-refractivity contribution is -0.173. The first-order valence-electron chi connectivity index (χ1n) is 11.4. The van der Waals surface area contributed by atoms with E-state index in [-0.39, 0.29) is 37.5 Å². The Morgan fingerprint density at radius 3 is 2.63 bits per heavy atom. The number of hydrogen-bond donors (Lipinski definition) is 2. The van der Waals surface area contributed by atoms with Crippen molar-refractivity contribution in [3.8, 4) is 11.5 Å². The van der Waals surface area contributed by atoms with E-state index in [1.807, 2.05) is 0 Å². The molecule has 0 saturated carbocycles. The molecule has 1 aliphatic rings. The van der Waals surface area contributed by atoms with Crippen LogP contribution in [0.15, 0.2) is 68.8 Å². The molecule has 2 aromatic carbocycles. The molecule has 3 aromatic rings. The van der Waals surface area contributed by atoms with Crippen LogP contribution in [0.2, 0.25) is 0 Å². The van der Waals surface area contributed by atoms with E-state index < -0.39 is 23.6 Å². The fraction of sp³-hybridized carbons (Fsp3) is 0.231. The smallest absolute Gasteiger partial charge is 0.471 e. The van der Waals surface area contributed by atoms with Gasteiger partial charge in [0.25, 0.3) is 5.91 Å². The number of carbonyl (C=O) groups excluding carboxylic acids is 2. The molecule has 38 heavy (non-hydrogen) atoms. The third kappa shape index (κ3) is 6.02. The number of ether oxygens (including phenoxy) is 2. The molecular weight excluding hydrogens is 507 g/mol. The van der Waals surface area contributed by atoms with Gasteiger partial charge < -0.3 is 24.5 Å². The number of aliphatic imine (C=N–C) groups is 1. The van der Waals surface area contributed by atoms with Crippen molar-refractivity contribution in [1.29, 1.82) is 0 Å². The van der Waals surface area contributed by atoms with Gasteiger partial charge in [0.15, 0.2) is 0 Å². The van der Waals surface area contributed by atoms with Crippen molar-refractivity contribution < 1.29 is 36.7 Å². The number of methoxy groups -OCH3 is 1. The number of nitrogens with zero attached hydrogens (tertiary/aromatic N) is 1. The maximum absolute atomic E-state index is 12.8. The monoisotopic (exact) mass is 529 g/mol. The Morgan fingerprint density at radius 2 is 1.87 bits per heavy atom. The van der Waals surface area contributed by atoms with Gasteiger partial charge in [0.1, 0.15) is 28.5 Å². The number of carbonyl (C=O) groups is 2. The van der Waals surface area contributed by atoms with Crippen LogP contribution in [0.4, 0.5) is 13.2 Å². The first-order valence-corrected chi connectivity index (χ1v) is 11.4. The van der Waals surface area contributed by atoms with Crippen LogP contribution < -0.4 is 25.7 Å². The number of halogens is 3. The van der Waals surface area contributed by atoms with Gasteiger partial charge in [-0.05, 0) is 42.3 Å². The number of amides is 2. The Bertz CT molecular complexity index is 1490. The molecule has 12 heteroatoms. The van der Waals surface area contributed by atoms with E-state index in [0.717, 1.165) is 0 Å². The van der Waals surface area contributed by atoms with Gasteiger partial charge in [0.05, 0.1) is 25.8 Å². The first-order chi connectivity index (χ1) is 18.2. The second-order valence-corrected chi connectivity index (χ2v) is 8.10. The van der Waals surface area contributed by atoms with Crippen molar-refractivity contribution in [2.45, 2.75) is 12.6 Å². The minimum atomic E-state index is -4.94. The van der Waals surface area contributed by atoms with Crippen molar-refractivity contribution in [3.05, 3.63) is 76.2 Å². The van der Waals surface area contributed by atoms with Gasteiger partial charge in [-0.25, -0.2) is 4.79 Å². The molecule has 2 heterocycles. The number of alkyl halides is 3. The Morgan fingerprint density at radius 1 is 1.11 bits per heavy atom. The average molecular weight is 529 g/mol. The summed E-state index contributed by atoms with van der Waals surface area (Å²) in [6.45, 7) is -0.0313. The zero-order valence-electron chi connectivity index (χ0n) is 20.1. The van der Waals surface area contributed by atoms with E-state index in [2.05, 4.69) is 10.3 Å². The molecule has 9 nitrogen and oxygen atoms in total. The standard InChI is InChI=1S/C26H22F3N3O6/c1-36-19-8-4-9-20(37-11-5-10-30-25(35)26(27,28)29)22(19)16-13-21(31-14-16)32-23(33)17-12-15-6-2-3-7-18(15)38-24(17)34/h2-4,6-9,12-13H,5,10-11,14H2,1H3,(H,30,35)(H,31,32,33). The number of benzene rings is 2. The number of amidine groups is 1. The minimum Gasteiger partial charge on any atom is -0.496 e. The number of hydrogen-bond acceptors (Lipinski definition) is 7. The summed E-state index contributed by atoms with van der Waals surface area (Å²) in [6.07, 6.45) is -3.21. The van der Waals surface area contributed by atoms with Crippen LogP contribution in [0, 0.1) is 0 Å².